The smallest absolute Gasteiger partial charge is 0.323 e. The number of hydrogen-bond donors (Lipinski definition) is 2. The zero-order chi connectivity index (χ0) is 14.2. The zero-order valence-electron chi connectivity index (χ0n) is 11.7. The third-order valence-corrected chi connectivity index (χ3v) is 4.34. The molecule has 2 aromatic rings. The molecule has 0 aromatic carbocycles. The third kappa shape index (κ3) is 2.33. The molecule has 2 amide bonds. The quantitative estimate of drug-likeness (QED) is 0.823. The normalized spacial score (nSPS) is 25.0. The van der Waals surface area contributed by atoms with E-state index in [1.54, 1.807) is 4.40 Å². The van der Waals surface area contributed by atoms with Crippen LogP contribution in [0.3, 0.4) is 0 Å². The monoisotopic (exact) mass is 286 g/mol. The minimum Gasteiger partial charge on any atom is -0.323 e. The molecule has 0 radical (unpaired) electrons. The first kappa shape index (κ1) is 12.6. The Labute approximate surface area is 122 Å². The highest BCUT2D eigenvalue weighted by Crippen LogP contribution is 2.20. The average molecular weight is 286 g/mol. The van der Waals surface area contributed by atoms with E-state index in [-0.39, 0.29) is 6.03 Å². The molecule has 7 heteroatoms. The molecule has 2 bridgehead atoms. The van der Waals surface area contributed by atoms with Crippen LogP contribution in [0.5, 0.6) is 0 Å². The van der Waals surface area contributed by atoms with Gasteiger partial charge in [0.25, 0.3) is 0 Å². The summed E-state index contributed by atoms with van der Waals surface area (Å²) in [5.41, 5.74) is 0.726. The fourth-order valence-electron chi connectivity index (χ4n) is 3.23. The first-order chi connectivity index (χ1) is 10.3. The standard InChI is InChI=1S/C14H18N6O/c21-14(19-8-6-10-4-5-11(9-19)15-10)16-13-18-17-12-3-1-2-7-20(12)13/h1-3,7,10-11,15H,4-6,8-9H2,(H,16,18,21). The van der Waals surface area contributed by atoms with Crippen LogP contribution in [-0.2, 0) is 0 Å². The van der Waals surface area contributed by atoms with E-state index in [4.69, 9.17) is 0 Å². The lowest BCUT2D eigenvalue weighted by Crippen LogP contribution is -2.41. The highest BCUT2D eigenvalue weighted by molar-refractivity contribution is 5.88. The molecule has 2 unspecified atom stereocenters. The van der Waals surface area contributed by atoms with Gasteiger partial charge in [0.05, 0.1) is 0 Å². The second-order valence-corrected chi connectivity index (χ2v) is 5.76. The van der Waals surface area contributed by atoms with Crippen molar-refractivity contribution in [3.63, 3.8) is 0 Å². The van der Waals surface area contributed by atoms with Crippen LogP contribution in [0.15, 0.2) is 24.4 Å². The summed E-state index contributed by atoms with van der Waals surface area (Å²) in [5, 5.41) is 14.5. The summed E-state index contributed by atoms with van der Waals surface area (Å²) in [6, 6.07) is 6.55. The highest BCUT2D eigenvalue weighted by Gasteiger charge is 2.31. The van der Waals surface area contributed by atoms with E-state index < -0.39 is 0 Å². The lowest BCUT2D eigenvalue weighted by atomic mass is 10.1. The molecule has 110 valence electrons. The lowest BCUT2D eigenvalue weighted by Gasteiger charge is -2.24. The largest absolute Gasteiger partial charge is 0.324 e. The first-order valence-electron chi connectivity index (χ1n) is 7.41. The van der Waals surface area contributed by atoms with Crippen molar-refractivity contribution < 1.29 is 4.79 Å². The molecule has 2 atom stereocenters. The zero-order valence-corrected chi connectivity index (χ0v) is 11.7. The van der Waals surface area contributed by atoms with Gasteiger partial charge in [-0.05, 0) is 31.4 Å². The number of rotatable bonds is 1. The number of hydrogen-bond acceptors (Lipinski definition) is 4. The van der Waals surface area contributed by atoms with Gasteiger partial charge in [-0.3, -0.25) is 9.72 Å². The van der Waals surface area contributed by atoms with Crippen molar-refractivity contribution in [2.45, 2.75) is 31.3 Å². The van der Waals surface area contributed by atoms with E-state index in [2.05, 4.69) is 20.8 Å². The molecule has 2 aliphatic rings. The number of pyridine rings is 1. The minimum absolute atomic E-state index is 0.0949. The van der Waals surface area contributed by atoms with Crippen molar-refractivity contribution in [2.75, 3.05) is 18.4 Å². The molecule has 7 nitrogen and oxygen atoms in total. The molecule has 0 saturated carbocycles. The van der Waals surface area contributed by atoms with Crippen LogP contribution in [0.25, 0.3) is 5.65 Å². The van der Waals surface area contributed by atoms with Gasteiger partial charge in [-0.25, -0.2) is 4.79 Å². The fourth-order valence-corrected chi connectivity index (χ4v) is 3.23. The van der Waals surface area contributed by atoms with Gasteiger partial charge in [0.15, 0.2) is 5.65 Å². The number of anilines is 1. The number of likely N-dealkylation sites (tertiary alicyclic amines) is 1. The maximum atomic E-state index is 12.4. The van der Waals surface area contributed by atoms with Gasteiger partial charge in [-0.1, -0.05) is 6.07 Å². The van der Waals surface area contributed by atoms with Crippen LogP contribution in [0.1, 0.15) is 19.3 Å². The second-order valence-electron chi connectivity index (χ2n) is 5.76. The van der Waals surface area contributed by atoms with Crippen LogP contribution in [0.2, 0.25) is 0 Å². The van der Waals surface area contributed by atoms with Gasteiger partial charge >= 0.3 is 6.03 Å². The maximum Gasteiger partial charge on any atom is 0.324 e. The van der Waals surface area contributed by atoms with Gasteiger partial charge < -0.3 is 10.2 Å². The Bertz CT molecular complexity index is 668. The number of aromatic nitrogens is 3. The van der Waals surface area contributed by atoms with E-state index in [1.807, 2.05) is 29.3 Å². The molecule has 0 aliphatic carbocycles. The van der Waals surface area contributed by atoms with Gasteiger partial charge in [-0.15, -0.1) is 10.2 Å². The van der Waals surface area contributed by atoms with Crippen LogP contribution in [-0.4, -0.2) is 50.7 Å². The number of fused-ring (bicyclic) bond motifs is 3. The molecule has 4 rings (SSSR count). The van der Waals surface area contributed by atoms with Gasteiger partial charge in [0.1, 0.15) is 0 Å². The summed E-state index contributed by atoms with van der Waals surface area (Å²) in [4.78, 5) is 14.3. The minimum atomic E-state index is -0.0949. The van der Waals surface area contributed by atoms with Crippen molar-refractivity contribution in [3.8, 4) is 0 Å². The van der Waals surface area contributed by atoms with Crippen molar-refractivity contribution in [2.24, 2.45) is 0 Å². The summed E-state index contributed by atoms with van der Waals surface area (Å²) < 4.78 is 1.78. The van der Waals surface area contributed by atoms with Crippen LogP contribution < -0.4 is 10.6 Å². The Kier molecular flexibility index (Phi) is 2.99. The van der Waals surface area contributed by atoms with Gasteiger partial charge in [-0.2, -0.15) is 0 Å². The fraction of sp³-hybridized carbons (Fsp3) is 0.500. The number of nitrogens with zero attached hydrogens (tertiary/aromatic N) is 4. The summed E-state index contributed by atoms with van der Waals surface area (Å²) >= 11 is 0. The predicted molar refractivity (Wildman–Crippen MR) is 78.1 cm³/mol. The van der Waals surface area contributed by atoms with E-state index in [0.29, 0.717) is 18.0 Å². The Balaban J connectivity index is 1.50. The molecule has 2 aliphatic heterocycles. The third-order valence-electron chi connectivity index (χ3n) is 4.34. The molecule has 21 heavy (non-hydrogen) atoms. The Morgan fingerprint density at radius 1 is 1.24 bits per heavy atom. The molecular formula is C14H18N6O. The van der Waals surface area contributed by atoms with Gasteiger partial charge in [0, 0.05) is 31.4 Å². The Hall–Kier alpha value is -2.15. The number of nitrogens with one attached hydrogen (secondary N) is 2. The second kappa shape index (κ2) is 5.00. The van der Waals surface area contributed by atoms with E-state index >= 15 is 0 Å². The highest BCUT2D eigenvalue weighted by atomic mass is 16.2. The van der Waals surface area contributed by atoms with E-state index in [0.717, 1.165) is 31.6 Å². The molecule has 2 fully saturated rings. The molecule has 0 spiro atoms. The number of carbonyl (C=O) groups is 1. The molecule has 2 N–H and O–H groups in total. The average Bonchev–Trinajstić information content (AvgIpc) is 3.03. The summed E-state index contributed by atoms with van der Waals surface area (Å²) in [6.07, 6.45) is 5.25. The van der Waals surface area contributed by atoms with Crippen molar-refractivity contribution >= 4 is 17.6 Å². The van der Waals surface area contributed by atoms with E-state index in [9.17, 15) is 4.79 Å². The van der Waals surface area contributed by atoms with Crippen LogP contribution >= 0.6 is 0 Å². The van der Waals surface area contributed by atoms with Crippen molar-refractivity contribution in [1.29, 1.82) is 0 Å². The van der Waals surface area contributed by atoms with Gasteiger partial charge in [0.2, 0.25) is 5.95 Å². The van der Waals surface area contributed by atoms with Crippen LogP contribution in [0, 0.1) is 0 Å². The van der Waals surface area contributed by atoms with Crippen LogP contribution in [0.4, 0.5) is 10.7 Å². The SMILES string of the molecule is O=C(Nc1nnc2ccccn12)N1CCC2CCC(C1)N2. The van der Waals surface area contributed by atoms with E-state index in [1.165, 1.54) is 6.42 Å². The Morgan fingerprint density at radius 3 is 3.10 bits per heavy atom. The maximum absolute atomic E-state index is 12.4. The Morgan fingerprint density at radius 2 is 2.14 bits per heavy atom. The summed E-state index contributed by atoms with van der Waals surface area (Å²) in [7, 11) is 0. The molecule has 2 aromatic heterocycles. The lowest BCUT2D eigenvalue weighted by molar-refractivity contribution is 0.208. The molecule has 2 saturated heterocycles. The van der Waals surface area contributed by atoms with Crippen molar-refractivity contribution in [1.82, 2.24) is 24.8 Å². The molecular weight excluding hydrogens is 268 g/mol. The van der Waals surface area contributed by atoms with Crippen molar-refractivity contribution in [3.05, 3.63) is 24.4 Å². The predicted octanol–water partition coefficient (Wildman–Crippen LogP) is 1.09. The first-order valence-corrected chi connectivity index (χ1v) is 7.41. The summed E-state index contributed by atoms with van der Waals surface area (Å²) in [6.45, 7) is 1.55. The number of carbonyl (C=O) groups excluding carboxylic acids is 1. The number of urea groups is 1. The topological polar surface area (TPSA) is 74.6 Å². The number of amides is 2. The molecule has 4 heterocycles. The summed E-state index contributed by atoms with van der Waals surface area (Å²) in [5.74, 6) is 0.470.